The summed E-state index contributed by atoms with van der Waals surface area (Å²) in [6.45, 7) is 3.81. The first kappa shape index (κ1) is 14.7. The van der Waals surface area contributed by atoms with Gasteiger partial charge in [-0.25, -0.2) is 0 Å². The largest absolute Gasteiger partial charge is 0.496 e. The Balaban J connectivity index is 2.28. The summed E-state index contributed by atoms with van der Waals surface area (Å²) in [7, 11) is 1.70. The Labute approximate surface area is 128 Å². The molecule has 0 bridgehead atoms. The molecule has 106 valence electrons. The number of rotatable bonds is 5. The molecule has 2 aromatic rings. The molecule has 0 aromatic heterocycles. The van der Waals surface area contributed by atoms with Crippen LogP contribution in [0, 0.1) is 0 Å². The average Bonchev–Trinajstić information content (AvgIpc) is 2.45. The standard InChI is InChI=1S/C16H19BrN2O/c1-3-19(15-6-4-5-14(18)10-15)11-12-9-13(17)7-8-16(12)20-2/h4-10H,3,11,18H2,1-2H3. The molecule has 0 atom stereocenters. The van der Waals surface area contributed by atoms with E-state index in [0.717, 1.165) is 40.2 Å². The molecule has 0 amide bonds. The molecule has 0 aliphatic carbocycles. The zero-order valence-electron chi connectivity index (χ0n) is 11.8. The average molecular weight is 335 g/mol. The van der Waals surface area contributed by atoms with Crippen molar-refractivity contribution in [2.45, 2.75) is 13.5 Å². The van der Waals surface area contributed by atoms with E-state index >= 15 is 0 Å². The molecule has 0 saturated carbocycles. The van der Waals surface area contributed by atoms with Crippen LogP contribution < -0.4 is 15.4 Å². The van der Waals surface area contributed by atoms with Gasteiger partial charge in [0.25, 0.3) is 0 Å². The Kier molecular flexibility index (Phi) is 4.90. The molecule has 2 rings (SSSR count). The number of nitrogen functional groups attached to an aromatic ring is 1. The minimum absolute atomic E-state index is 0.780. The van der Waals surface area contributed by atoms with Gasteiger partial charge in [0.05, 0.1) is 7.11 Å². The van der Waals surface area contributed by atoms with Crippen LogP contribution in [0.2, 0.25) is 0 Å². The second-order valence-corrected chi connectivity index (χ2v) is 5.48. The van der Waals surface area contributed by atoms with Gasteiger partial charge in [0.2, 0.25) is 0 Å². The molecule has 0 radical (unpaired) electrons. The Morgan fingerprint density at radius 2 is 2.00 bits per heavy atom. The third kappa shape index (κ3) is 3.45. The maximum absolute atomic E-state index is 5.87. The Bertz CT molecular complexity index is 586. The highest BCUT2D eigenvalue weighted by molar-refractivity contribution is 9.10. The van der Waals surface area contributed by atoms with Gasteiger partial charge in [-0.15, -0.1) is 0 Å². The van der Waals surface area contributed by atoms with Crippen molar-refractivity contribution in [2.24, 2.45) is 0 Å². The van der Waals surface area contributed by atoms with Gasteiger partial charge in [-0.2, -0.15) is 0 Å². The van der Waals surface area contributed by atoms with Crippen LogP contribution >= 0.6 is 15.9 Å². The number of benzene rings is 2. The molecular formula is C16H19BrN2O. The second kappa shape index (κ2) is 6.66. The SMILES string of the molecule is CCN(Cc1cc(Br)ccc1OC)c1cccc(N)c1. The van der Waals surface area contributed by atoms with Crippen molar-refractivity contribution >= 4 is 27.3 Å². The van der Waals surface area contributed by atoms with Gasteiger partial charge in [-0.1, -0.05) is 22.0 Å². The summed E-state index contributed by atoms with van der Waals surface area (Å²) in [5, 5.41) is 0. The monoisotopic (exact) mass is 334 g/mol. The Morgan fingerprint density at radius 3 is 2.65 bits per heavy atom. The van der Waals surface area contributed by atoms with Crippen LogP contribution in [-0.2, 0) is 6.54 Å². The van der Waals surface area contributed by atoms with Crippen LogP contribution in [0.15, 0.2) is 46.9 Å². The van der Waals surface area contributed by atoms with E-state index in [2.05, 4.69) is 39.9 Å². The lowest BCUT2D eigenvalue weighted by Gasteiger charge is -2.24. The number of nitrogens with two attached hydrogens (primary N) is 1. The molecule has 20 heavy (non-hydrogen) atoms. The van der Waals surface area contributed by atoms with E-state index in [1.165, 1.54) is 0 Å². The normalized spacial score (nSPS) is 10.3. The van der Waals surface area contributed by atoms with Crippen molar-refractivity contribution in [2.75, 3.05) is 24.3 Å². The summed E-state index contributed by atoms with van der Waals surface area (Å²) in [5.74, 6) is 0.899. The highest BCUT2D eigenvalue weighted by Crippen LogP contribution is 2.27. The van der Waals surface area contributed by atoms with E-state index in [1.54, 1.807) is 7.11 Å². The maximum atomic E-state index is 5.87. The minimum atomic E-state index is 0.780. The predicted molar refractivity (Wildman–Crippen MR) is 88.3 cm³/mol. The number of hydrogen-bond acceptors (Lipinski definition) is 3. The molecule has 3 nitrogen and oxygen atoms in total. The van der Waals surface area contributed by atoms with E-state index in [1.807, 2.05) is 30.3 Å². The van der Waals surface area contributed by atoms with E-state index in [4.69, 9.17) is 10.5 Å². The fraction of sp³-hybridized carbons (Fsp3) is 0.250. The molecular weight excluding hydrogens is 316 g/mol. The molecule has 4 heteroatoms. The molecule has 0 unspecified atom stereocenters. The van der Waals surface area contributed by atoms with Crippen molar-refractivity contribution < 1.29 is 4.74 Å². The van der Waals surface area contributed by atoms with Crippen molar-refractivity contribution in [3.05, 3.63) is 52.5 Å². The van der Waals surface area contributed by atoms with Crippen LogP contribution in [0.3, 0.4) is 0 Å². The van der Waals surface area contributed by atoms with Crippen molar-refractivity contribution in [1.82, 2.24) is 0 Å². The highest BCUT2D eigenvalue weighted by atomic mass is 79.9. The molecule has 0 saturated heterocycles. The molecule has 0 aliphatic heterocycles. The van der Waals surface area contributed by atoms with Gasteiger partial charge in [0.1, 0.15) is 5.75 Å². The summed E-state index contributed by atoms with van der Waals surface area (Å²) >= 11 is 3.51. The first-order chi connectivity index (χ1) is 9.63. The third-order valence-electron chi connectivity index (χ3n) is 3.22. The lowest BCUT2D eigenvalue weighted by atomic mass is 10.1. The van der Waals surface area contributed by atoms with Crippen LogP contribution in [0.5, 0.6) is 5.75 Å². The van der Waals surface area contributed by atoms with Crippen LogP contribution in [0.1, 0.15) is 12.5 Å². The van der Waals surface area contributed by atoms with Gasteiger partial charge >= 0.3 is 0 Å². The van der Waals surface area contributed by atoms with Gasteiger partial charge in [-0.3, -0.25) is 0 Å². The van der Waals surface area contributed by atoms with Crippen LogP contribution in [-0.4, -0.2) is 13.7 Å². The zero-order valence-corrected chi connectivity index (χ0v) is 13.4. The Morgan fingerprint density at radius 1 is 1.20 bits per heavy atom. The molecule has 2 aromatic carbocycles. The summed E-state index contributed by atoms with van der Waals surface area (Å²) in [6, 6.07) is 14.0. The lowest BCUT2D eigenvalue weighted by Crippen LogP contribution is -2.22. The molecule has 2 N–H and O–H groups in total. The van der Waals surface area contributed by atoms with Crippen molar-refractivity contribution in [1.29, 1.82) is 0 Å². The lowest BCUT2D eigenvalue weighted by molar-refractivity contribution is 0.409. The predicted octanol–water partition coefficient (Wildman–Crippen LogP) is 4.07. The minimum Gasteiger partial charge on any atom is -0.496 e. The second-order valence-electron chi connectivity index (χ2n) is 4.57. The number of ether oxygens (including phenoxy) is 1. The quantitative estimate of drug-likeness (QED) is 0.837. The number of anilines is 2. The van der Waals surface area contributed by atoms with E-state index in [9.17, 15) is 0 Å². The van der Waals surface area contributed by atoms with Gasteiger partial charge in [0.15, 0.2) is 0 Å². The molecule has 0 fully saturated rings. The van der Waals surface area contributed by atoms with E-state index in [-0.39, 0.29) is 0 Å². The van der Waals surface area contributed by atoms with Gasteiger partial charge in [0, 0.05) is 34.5 Å². The summed E-state index contributed by atoms with van der Waals surface area (Å²) in [6.07, 6.45) is 0. The smallest absolute Gasteiger partial charge is 0.123 e. The van der Waals surface area contributed by atoms with E-state index in [0.29, 0.717) is 0 Å². The molecule has 0 heterocycles. The molecule has 0 aliphatic rings. The summed E-state index contributed by atoms with van der Waals surface area (Å²) in [5.41, 5.74) is 8.91. The number of hydrogen-bond donors (Lipinski definition) is 1. The van der Waals surface area contributed by atoms with Crippen LogP contribution in [0.25, 0.3) is 0 Å². The fourth-order valence-corrected chi connectivity index (χ4v) is 2.59. The van der Waals surface area contributed by atoms with Crippen LogP contribution in [0.4, 0.5) is 11.4 Å². The Hall–Kier alpha value is -1.68. The number of nitrogens with zero attached hydrogens (tertiary/aromatic N) is 1. The first-order valence-corrected chi connectivity index (χ1v) is 7.36. The summed E-state index contributed by atoms with van der Waals surface area (Å²) < 4.78 is 6.49. The van der Waals surface area contributed by atoms with Crippen molar-refractivity contribution in [3.63, 3.8) is 0 Å². The zero-order chi connectivity index (χ0) is 14.5. The maximum Gasteiger partial charge on any atom is 0.123 e. The highest BCUT2D eigenvalue weighted by Gasteiger charge is 2.10. The van der Waals surface area contributed by atoms with Gasteiger partial charge in [-0.05, 0) is 43.3 Å². The topological polar surface area (TPSA) is 38.5 Å². The first-order valence-electron chi connectivity index (χ1n) is 6.57. The van der Waals surface area contributed by atoms with E-state index < -0.39 is 0 Å². The summed E-state index contributed by atoms with van der Waals surface area (Å²) in [4.78, 5) is 2.26. The van der Waals surface area contributed by atoms with Gasteiger partial charge < -0.3 is 15.4 Å². The number of methoxy groups -OCH3 is 1. The molecule has 0 spiro atoms. The van der Waals surface area contributed by atoms with Crippen molar-refractivity contribution in [3.8, 4) is 5.75 Å². The number of halogens is 1. The third-order valence-corrected chi connectivity index (χ3v) is 3.71. The fourth-order valence-electron chi connectivity index (χ4n) is 2.18.